The van der Waals surface area contributed by atoms with E-state index in [2.05, 4.69) is 16.8 Å². The van der Waals surface area contributed by atoms with Crippen LogP contribution in [0.4, 0.5) is 5.13 Å². The Morgan fingerprint density at radius 2 is 2.14 bits per heavy atom. The summed E-state index contributed by atoms with van der Waals surface area (Å²) in [4.78, 5) is 7.92. The van der Waals surface area contributed by atoms with Gasteiger partial charge in [0, 0.05) is 13.1 Å². The van der Waals surface area contributed by atoms with Crippen molar-refractivity contribution in [2.75, 3.05) is 18.0 Å². The van der Waals surface area contributed by atoms with Crippen LogP contribution in [0.25, 0.3) is 0 Å². The third kappa shape index (κ3) is 1.77. The predicted octanol–water partition coefficient (Wildman–Crippen LogP) is 1.80. The van der Waals surface area contributed by atoms with E-state index in [1.807, 2.05) is 0 Å². The van der Waals surface area contributed by atoms with E-state index in [0.29, 0.717) is 0 Å². The molecular weight excluding hydrogens is 196 g/mol. The Bertz CT molecular complexity index is 284. The van der Waals surface area contributed by atoms with Crippen molar-refractivity contribution in [3.63, 3.8) is 0 Å². The highest BCUT2D eigenvalue weighted by Gasteiger charge is 2.17. The van der Waals surface area contributed by atoms with Gasteiger partial charge in [-0.25, -0.2) is 4.98 Å². The lowest BCUT2D eigenvalue weighted by molar-refractivity contribution is 0.284. The first-order valence-electron chi connectivity index (χ1n) is 5.19. The Kier molecular flexibility index (Phi) is 3.03. The Balaban J connectivity index is 2.21. The summed E-state index contributed by atoms with van der Waals surface area (Å²) < 4.78 is 0. The summed E-state index contributed by atoms with van der Waals surface area (Å²) in [6.45, 7) is 4.47. The first kappa shape index (κ1) is 9.93. The van der Waals surface area contributed by atoms with Gasteiger partial charge in [0.05, 0.1) is 17.2 Å². The molecular formula is C10H16N2OS. The fourth-order valence-corrected chi connectivity index (χ4v) is 2.87. The standard InChI is InChI=1S/C10H16N2OS/c1-2-8-9(7-13)14-10(11-8)12-5-3-4-6-12/h13H,2-7H2,1H3. The van der Waals surface area contributed by atoms with Gasteiger partial charge in [0.2, 0.25) is 0 Å². The number of aliphatic hydroxyl groups is 1. The van der Waals surface area contributed by atoms with Crippen molar-refractivity contribution in [1.82, 2.24) is 4.98 Å². The third-order valence-electron chi connectivity index (χ3n) is 2.62. The maximum Gasteiger partial charge on any atom is 0.185 e. The van der Waals surface area contributed by atoms with Crippen LogP contribution in [-0.2, 0) is 13.0 Å². The molecule has 3 nitrogen and oxygen atoms in total. The maximum atomic E-state index is 9.16. The second-order valence-electron chi connectivity index (χ2n) is 3.57. The van der Waals surface area contributed by atoms with Crippen LogP contribution in [0.15, 0.2) is 0 Å². The molecule has 0 aliphatic carbocycles. The summed E-state index contributed by atoms with van der Waals surface area (Å²) in [6, 6.07) is 0. The number of rotatable bonds is 3. The first-order chi connectivity index (χ1) is 6.85. The fourth-order valence-electron chi connectivity index (χ4n) is 1.81. The molecule has 1 aromatic rings. The molecule has 1 aliphatic rings. The molecule has 0 aromatic carbocycles. The van der Waals surface area contributed by atoms with Crippen LogP contribution in [0, 0.1) is 0 Å². The first-order valence-corrected chi connectivity index (χ1v) is 6.01. The second-order valence-corrected chi connectivity index (χ2v) is 4.63. The van der Waals surface area contributed by atoms with Crippen molar-refractivity contribution in [2.24, 2.45) is 0 Å². The molecule has 14 heavy (non-hydrogen) atoms. The van der Waals surface area contributed by atoms with Crippen molar-refractivity contribution in [1.29, 1.82) is 0 Å². The minimum absolute atomic E-state index is 0.134. The molecule has 1 aromatic heterocycles. The van der Waals surface area contributed by atoms with Crippen LogP contribution in [0.1, 0.15) is 30.3 Å². The summed E-state index contributed by atoms with van der Waals surface area (Å²) in [5, 5.41) is 10.3. The summed E-state index contributed by atoms with van der Waals surface area (Å²) in [7, 11) is 0. The van der Waals surface area contributed by atoms with Gasteiger partial charge in [0.25, 0.3) is 0 Å². The summed E-state index contributed by atoms with van der Waals surface area (Å²) in [5.41, 5.74) is 1.07. The monoisotopic (exact) mass is 212 g/mol. The van der Waals surface area contributed by atoms with Gasteiger partial charge in [-0.15, -0.1) is 0 Å². The minimum Gasteiger partial charge on any atom is -0.391 e. The molecule has 0 spiro atoms. The average molecular weight is 212 g/mol. The molecule has 1 N–H and O–H groups in total. The average Bonchev–Trinajstić information content (AvgIpc) is 2.85. The molecule has 1 fully saturated rings. The maximum absolute atomic E-state index is 9.16. The van der Waals surface area contributed by atoms with Crippen LogP contribution < -0.4 is 4.90 Å². The van der Waals surface area contributed by atoms with E-state index in [1.165, 1.54) is 12.8 Å². The summed E-state index contributed by atoms with van der Waals surface area (Å²) >= 11 is 1.65. The smallest absolute Gasteiger partial charge is 0.185 e. The fraction of sp³-hybridized carbons (Fsp3) is 0.700. The Morgan fingerprint density at radius 1 is 1.43 bits per heavy atom. The van der Waals surface area contributed by atoms with Gasteiger partial charge in [0.15, 0.2) is 5.13 Å². The number of thiazole rings is 1. The Labute approximate surface area is 88.4 Å². The Hall–Kier alpha value is -0.610. The predicted molar refractivity (Wildman–Crippen MR) is 58.9 cm³/mol. The van der Waals surface area contributed by atoms with Crippen molar-refractivity contribution in [3.05, 3.63) is 10.6 Å². The van der Waals surface area contributed by atoms with Gasteiger partial charge in [-0.2, -0.15) is 0 Å². The van der Waals surface area contributed by atoms with Gasteiger partial charge in [0.1, 0.15) is 0 Å². The lowest BCUT2D eigenvalue weighted by Crippen LogP contribution is -2.17. The molecule has 0 bridgehead atoms. The van der Waals surface area contributed by atoms with E-state index in [1.54, 1.807) is 11.3 Å². The number of aryl methyl sites for hydroxylation is 1. The van der Waals surface area contributed by atoms with E-state index >= 15 is 0 Å². The van der Waals surface area contributed by atoms with E-state index in [0.717, 1.165) is 35.2 Å². The number of hydrogen-bond acceptors (Lipinski definition) is 4. The molecule has 2 rings (SSSR count). The van der Waals surface area contributed by atoms with Crippen LogP contribution >= 0.6 is 11.3 Å². The van der Waals surface area contributed by atoms with Crippen LogP contribution in [-0.4, -0.2) is 23.2 Å². The SMILES string of the molecule is CCc1nc(N2CCCC2)sc1CO. The molecule has 4 heteroatoms. The molecule has 1 saturated heterocycles. The summed E-state index contributed by atoms with van der Waals surface area (Å²) in [6.07, 6.45) is 3.46. The van der Waals surface area contributed by atoms with E-state index in [-0.39, 0.29) is 6.61 Å². The molecule has 0 unspecified atom stereocenters. The molecule has 1 aliphatic heterocycles. The Morgan fingerprint density at radius 3 is 2.64 bits per heavy atom. The number of hydrogen-bond donors (Lipinski definition) is 1. The van der Waals surface area contributed by atoms with E-state index < -0.39 is 0 Å². The van der Waals surface area contributed by atoms with Gasteiger partial charge in [-0.05, 0) is 19.3 Å². The lowest BCUT2D eigenvalue weighted by Gasteiger charge is -2.12. The topological polar surface area (TPSA) is 36.4 Å². The normalized spacial score (nSPS) is 16.6. The zero-order chi connectivity index (χ0) is 9.97. The highest BCUT2D eigenvalue weighted by atomic mass is 32.1. The highest BCUT2D eigenvalue weighted by molar-refractivity contribution is 7.15. The largest absolute Gasteiger partial charge is 0.391 e. The van der Waals surface area contributed by atoms with Crippen molar-refractivity contribution in [3.8, 4) is 0 Å². The number of aromatic nitrogens is 1. The second kappa shape index (κ2) is 4.28. The number of anilines is 1. The molecule has 0 amide bonds. The van der Waals surface area contributed by atoms with Gasteiger partial charge in [-0.1, -0.05) is 18.3 Å². The summed E-state index contributed by atoms with van der Waals surface area (Å²) in [5.74, 6) is 0. The number of aliphatic hydroxyl groups excluding tert-OH is 1. The van der Waals surface area contributed by atoms with Gasteiger partial charge >= 0.3 is 0 Å². The zero-order valence-electron chi connectivity index (χ0n) is 8.49. The van der Waals surface area contributed by atoms with Gasteiger partial charge in [-0.3, -0.25) is 0 Å². The van der Waals surface area contributed by atoms with E-state index in [9.17, 15) is 0 Å². The van der Waals surface area contributed by atoms with Crippen molar-refractivity contribution >= 4 is 16.5 Å². The van der Waals surface area contributed by atoms with Crippen molar-refractivity contribution in [2.45, 2.75) is 32.8 Å². The highest BCUT2D eigenvalue weighted by Crippen LogP contribution is 2.29. The number of nitrogens with zero attached hydrogens (tertiary/aromatic N) is 2. The van der Waals surface area contributed by atoms with Crippen LogP contribution in [0.5, 0.6) is 0 Å². The quantitative estimate of drug-likeness (QED) is 0.830. The van der Waals surface area contributed by atoms with Crippen LogP contribution in [0.2, 0.25) is 0 Å². The third-order valence-corrected chi connectivity index (χ3v) is 3.77. The molecule has 0 atom stereocenters. The van der Waals surface area contributed by atoms with Crippen LogP contribution in [0.3, 0.4) is 0 Å². The molecule has 0 saturated carbocycles. The van der Waals surface area contributed by atoms with E-state index in [4.69, 9.17) is 5.11 Å². The molecule has 78 valence electrons. The molecule has 0 radical (unpaired) electrons. The molecule has 2 heterocycles. The van der Waals surface area contributed by atoms with Gasteiger partial charge < -0.3 is 10.0 Å². The minimum atomic E-state index is 0.134. The van der Waals surface area contributed by atoms with Crippen molar-refractivity contribution < 1.29 is 5.11 Å². The zero-order valence-corrected chi connectivity index (χ0v) is 9.31. The lowest BCUT2D eigenvalue weighted by atomic mass is 10.3.